The first-order valence-electron chi connectivity index (χ1n) is 2.39. The topological polar surface area (TPSA) is 55.7 Å². The molecule has 50 valence electrons. The monoisotopic (exact) mass is 129 g/mol. The van der Waals surface area contributed by atoms with Gasteiger partial charge >= 0.3 is 5.97 Å². The quantitative estimate of drug-likeness (QED) is 0.240. The van der Waals surface area contributed by atoms with Crippen molar-refractivity contribution in [1.82, 2.24) is 0 Å². The van der Waals surface area contributed by atoms with Crippen molar-refractivity contribution in [1.29, 1.82) is 0 Å². The zero-order valence-corrected chi connectivity index (χ0v) is 4.87. The molecular weight excluding hydrogens is 122 g/mol. The second-order valence-corrected chi connectivity index (χ2v) is 1.22. The van der Waals surface area contributed by atoms with Gasteiger partial charge in [0.05, 0.1) is 0 Å². The molecule has 9 heavy (non-hydrogen) atoms. The van der Waals surface area contributed by atoms with Crippen molar-refractivity contribution < 1.29 is 9.53 Å². The Balaban J connectivity index is 3.16. The van der Waals surface area contributed by atoms with Crippen LogP contribution in [-0.2, 0) is 9.53 Å². The maximum absolute atomic E-state index is 10.2. The summed E-state index contributed by atoms with van der Waals surface area (Å²) in [6.45, 7) is 3.19. The molecule has 0 spiro atoms. The van der Waals surface area contributed by atoms with E-state index in [0.29, 0.717) is 0 Å². The van der Waals surface area contributed by atoms with Gasteiger partial charge in [0, 0.05) is 6.08 Å². The van der Waals surface area contributed by atoms with E-state index >= 15 is 0 Å². The van der Waals surface area contributed by atoms with Gasteiger partial charge < -0.3 is 4.74 Å². The molecule has 0 amide bonds. The number of ether oxygens (including phenoxy) is 1. The lowest BCUT2D eigenvalue weighted by Gasteiger charge is -1.93. The molecule has 0 aromatic heterocycles. The summed E-state index contributed by atoms with van der Waals surface area (Å²) < 4.78 is 4.38. The lowest BCUT2D eigenvalue weighted by molar-refractivity contribution is -0.137. The van der Waals surface area contributed by atoms with Crippen molar-refractivity contribution >= 4 is 5.97 Å². The average molecular weight is 129 g/mol. The predicted octanol–water partition coefficient (Wildman–Crippen LogP) is 0.482. The van der Waals surface area contributed by atoms with Crippen molar-refractivity contribution in [3.63, 3.8) is 0 Å². The van der Waals surface area contributed by atoms with Crippen LogP contribution in [0.25, 0.3) is 0 Å². The van der Waals surface area contributed by atoms with Gasteiger partial charge in [-0.15, -0.1) is 0 Å². The third-order valence-corrected chi connectivity index (χ3v) is 0.594. The fraction of sp³-hybridized carbons (Fsp3) is 0.400. The summed E-state index contributed by atoms with van der Waals surface area (Å²) in [5, 5.41) is 2.48. The summed E-state index contributed by atoms with van der Waals surface area (Å²) in [6.07, 6.45) is 1.03. The molecule has 0 saturated carbocycles. The zero-order chi connectivity index (χ0) is 7.11. The first-order valence-corrected chi connectivity index (χ1v) is 2.39. The minimum Gasteiger partial charge on any atom is -0.460 e. The first-order chi connectivity index (χ1) is 4.31. The molecule has 0 atom stereocenters. The lowest BCUT2D eigenvalue weighted by Crippen LogP contribution is -2.03. The summed E-state index contributed by atoms with van der Waals surface area (Å²) in [6, 6.07) is 0. The normalized spacial score (nSPS) is 8.00. The third kappa shape index (κ3) is 4.67. The molecule has 0 unspecified atom stereocenters. The molecule has 0 saturated heterocycles. The Morgan fingerprint density at radius 2 is 2.44 bits per heavy atom. The molecule has 0 heterocycles. The van der Waals surface area contributed by atoms with E-state index < -0.39 is 5.97 Å². The zero-order valence-electron chi connectivity index (χ0n) is 4.87. The van der Waals surface area contributed by atoms with Crippen LogP contribution in [0.1, 0.15) is 0 Å². The molecule has 0 radical (unpaired) electrons. The molecule has 0 aromatic rings. The molecule has 0 aliphatic carbocycles. The highest BCUT2D eigenvalue weighted by Crippen LogP contribution is 1.78. The first kappa shape index (κ1) is 7.81. The Hall–Kier alpha value is -1.19. The van der Waals surface area contributed by atoms with Gasteiger partial charge in [-0.25, -0.2) is 4.79 Å². The summed E-state index contributed by atoms with van der Waals surface area (Å²) in [5.74, 6) is -0.529. The van der Waals surface area contributed by atoms with Crippen LogP contribution in [0.15, 0.2) is 17.8 Å². The molecule has 0 fully saturated rings. The van der Waals surface area contributed by atoms with E-state index in [4.69, 9.17) is 0 Å². The van der Waals surface area contributed by atoms with Gasteiger partial charge in [0.2, 0.25) is 0 Å². The Labute approximate surface area is 52.5 Å². The Bertz CT molecular complexity index is 121. The molecule has 0 rings (SSSR count). The molecule has 0 aromatic carbocycles. The van der Waals surface area contributed by atoms with Crippen LogP contribution in [0.4, 0.5) is 0 Å². The molecular formula is C5H7NO3. The number of esters is 1. The van der Waals surface area contributed by atoms with Crippen LogP contribution in [0.5, 0.6) is 0 Å². The number of nitrogens with zero attached hydrogens (tertiary/aromatic N) is 1. The van der Waals surface area contributed by atoms with Gasteiger partial charge in [0.25, 0.3) is 0 Å². The van der Waals surface area contributed by atoms with Gasteiger partial charge in [-0.2, -0.15) is 4.91 Å². The predicted molar refractivity (Wildman–Crippen MR) is 31.8 cm³/mol. The second kappa shape index (κ2) is 4.96. The maximum atomic E-state index is 10.2. The van der Waals surface area contributed by atoms with Crippen LogP contribution < -0.4 is 0 Å². The molecule has 0 aliphatic rings. The van der Waals surface area contributed by atoms with Crippen molar-refractivity contribution in [3.8, 4) is 0 Å². The van der Waals surface area contributed by atoms with E-state index in [0.717, 1.165) is 6.08 Å². The van der Waals surface area contributed by atoms with E-state index in [1.807, 2.05) is 0 Å². The number of hydrogen-bond donors (Lipinski definition) is 0. The molecule has 0 bridgehead atoms. The molecule has 0 aliphatic heterocycles. The number of nitroso groups, excluding NO2 is 1. The molecule has 4 nitrogen and oxygen atoms in total. The lowest BCUT2D eigenvalue weighted by atomic mass is 10.6. The van der Waals surface area contributed by atoms with Crippen LogP contribution in [0.3, 0.4) is 0 Å². The minimum atomic E-state index is -0.529. The Kier molecular flexibility index (Phi) is 4.30. The van der Waals surface area contributed by atoms with Crippen LogP contribution >= 0.6 is 0 Å². The smallest absolute Gasteiger partial charge is 0.330 e. The molecule has 0 N–H and O–H groups in total. The van der Waals surface area contributed by atoms with E-state index in [9.17, 15) is 9.70 Å². The van der Waals surface area contributed by atoms with Gasteiger partial charge in [0.15, 0.2) is 0 Å². The van der Waals surface area contributed by atoms with Crippen LogP contribution in [0, 0.1) is 4.91 Å². The highest BCUT2D eigenvalue weighted by atomic mass is 16.5. The van der Waals surface area contributed by atoms with E-state index in [-0.39, 0.29) is 13.2 Å². The summed E-state index contributed by atoms with van der Waals surface area (Å²) in [4.78, 5) is 19.6. The Morgan fingerprint density at radius 3 is 2.89 bits per heavy atom. The fourth-order valence-corrected chi connectivity index (χ4v) is 0.242. The highest BCUT2D eigenvalue weighted by molar-refractivity contribution is 5.81. The number of carbonyl (C=O) groups is 1. The molecule has 4 heteroatoms. The van der Waals surface area contributed by atoms with Crippen molar-refractivity contribution in [2.75, 3.05) is 13.2 Å². The van der Waals surface area contributed by atoms with E-state index in [2.05, 4.69) is 16.5 Å². The number of carbonyl (C=O) groups excluding carboxylic acids is 1. The Morgan fingerprint density at radius 1 is 1.78 bits per heavy atom. The fourth-order valence-electron chi connectivity index (χ4n) is 0.242. The van der Waals surface area contributed by atoms with Crippen molar-refractivity contribution in [2.45, 2.75) is 0 Å². The third-order valence-electron chi connectivity index (χ3n) is 0.594. The largest absolute Gasteiger partial charge is 0.460 e. The van der Waals surface area contributed by atoms with Gasteiger partial charge in [-0.1, -0.05) is 11.8 Å². The van der Waals surface area contributed by atoms with Gasteiger partial charge in [0.1, 0.15) is 13.2 Å². The SMILES string of the molecule is C=CC(=O)OCCN=O. The number of hydrogen-bond acceptors (Lipinski definition) is 4. The van der Waals surface area contributed by atoms with Crippen molar-refractivity contribution in [2.24, 2.45) is 5.18 Å². The summed E-state index contributed by atoms with van der Waals surface area (Å²) in [5.41, 5.74) is 0. The minimum absolute atomic E-state index is 0.000417. The standard InChI is InChI=1S/C5H7NO3/c1-2-5(7)9-4-3-6-8/h2H,1,3-4H2. The second-order valence-electron chi connectivity index (χ2n) is 1.22. The van der Waals surface area contributed by atoms with Crippen molar-refractivity contribution in [3.05, 3.63) is 17.6 Å². The van der Waals surface area contributed by atoms with Gasteiger partial charge in [-0.3, -0.25) is 0 Å². The maximum Gasteiger partial charge on any atom is 0.330 e. The average Bonchev–Trinajstić information content (AvgIpc) is 1.89. The van der Waals surface area contributed by atoms with Crippen LogP contribution in [-0.4, -0.2) is 19.1 Å². The summed E-state index contributed by atoms with van der Waals surface area (Å²) in [7, 11) is 0. The van der Waals surface area contributed by atoms with Gasteiger partial charge in [-0.05, 0) is 0 Å². The highest BCUT2D eigenvalue weighted by Gasteiger charge is 1.92. The summed E-state index contributed by atoms with van der Waals surface area (Å²) >= 11 is 0. The van der Waals surface area contributed by atoms with E-state index in [1.165, 1.54) is 0 Å². The number of rotatable bonds is 4. The van der Waals surface area contributed by atoms with E-state index in [1.54, 1.807) is 0 Å². The van der Waals surface area contributed by atoms with Crippen LogP contribution in [0.2, 0.25) is 0 Å².